The van der Waals surface area contributed by atoms with Crippen LogP contribution >= 0.6 is 0 Å². The number of hydrogen-bond donors (Lipinski definition) is 2. The van der Waals surface area contributed by atoms with Gasteiger partial charge in [0.05, 0.1) is 16.6 Å². The van der Waals surface area contributed by atoms with Gasteiger partial charge in [-0.25, -0.2) is 4.79 Å². The molecular weight excluding hydrogens is 418 g/mol. The predicted octanol–water partition coefficient (Wildman–Crippen LogP) is 5.38. The zero-order valence-electron chi connectivity index (χ0n) is 17.4. The molecule has 2 N–H and O–H groups in total. The number of nitrogens with zero attached hydrogens (tertiary/aromatic N) is 1. The van der Waals surface area contributed by atoms with Crippen LogP contribution in [0.4, 0.5) is 10.5 Å². The molecule has 0 saturated heterocycles. The molecule has 32 heavy (non-hydrogen) atoms. The van der Waals surface area contributed by atoms with E-state index in [0.29, 0.717) is 18.0 Å². The molecule has 4 aromatic rings. The summed E-state index contributed by atoms with van der Waals surface area (Å²) in [6.07, 6.45) is 3.41. The van der Waals surface area contributed by atoms with Gasteiger partial charge in [-0.2, -0.15) is 0 Å². The molecule has 0 spiro atoms. The van der Waals surface area contributed by atoms with Crippen molar-refractivity contribution in [2.75, 3.05) is 5.32 Å². The molecule has 0 aliphatic rings. The first-order chi connectivity index (χ1) is 15.7. The number of urea groups is 1. The Hall–Kier alpha value is -3.77. The lowest BCUT2D eigenvalue weighted by atomic mass is 10.1. The van der Waals surface area contributed by atoms with Gasteiger partial charge < -0.3 is 10.6 Å². The van der Waals surface area contributed by atoms with Gasteiger partial charge >= 0.3 is 6.03 Å². The van der Waals surface area contributed by atoms with E-state index in [0.717, 1.165) is 27.1 Å². The van der Waals surface area contributed by atoms with Crippen molar-refractivity contribution in [1.82, 2.24) is 10.3 Å². The van der Waals surface area contributed by atoms with Gasteiger partial charge in [0.15, 0.2) is 0 Å². The Labute approximate surface area is 190 Å². The van der Waals surface area contributed by atoms with E-state index in [4.69, 9.17) is 0 Å². The van der Waals surface area contributed by atoms with E-state index in [1.807, 2.05) is 91.0 Å². The van der Waals surface area contributed by atoms with E-state index < -0.39 is 10.8 Å². The first kappa shape index (κ1) is 21.5. The average molecular weight is 442 g/mol. The molecule has 0 aliphatic carbocycles. The molecule has 0 saturated carbocycles. The fourth-order valence-corrected chi connectivity index (χ4v) is 4.61. The second-order valence-corrected chi connectivity index (χ2v) is 8.64. The van der Waals surface area contributed by atoms with Crippen LogP contribution in [0.1, 0.15) is 11.1 Å². The van der Waals surface area contributed by atoms with E-state index in [1.165, 1.54) is 0 Å². The van der Waals surface area contributed by atoms with Gasteiger partial charge in [-0.3, -0.25) is 9.19 Å². The van der Waals surface area contributed by atoms with Crippen molar-refractivity contribution in [3.63, 3.8) is 0 Å². The summed E-state index contributed by atoms with van der Waals surface area (Å²) in [4.78, 5) is 17.0. The highest BCUT2D eigenvalue weighted by atomic mass is 32.2. The number of aromatic nitrogens is 1. The van der Waals surface area contributed by atoms with Crippen molar-refractivity contribution in [3.8, 4) is 11.1 Å². The Kier molecular flexibility index (Phi) is 7.05. The highest BCUT2D eigenvalue weighted by Gasteiger charge is 2.12. The number of nitrogens with one attached hydrogen (secondary N) is 2. The van der Waals surface area contributed by atoms with Crippen molar-refractivity contribution >= 4 is 22.5 Å². The van der Waals surface area contributed by atoms with Crippen LogP contribution < -0.4 is 10.6 Å². The maximum Gasteiger partial charge on any atom is 0.319 e. The quantitative estimate of drug-likeness (QED) is 0.405. The molecule has 0 aliphatic heterocycles. The van der Waals surface area contributed by atoms with E-state index in [9.17, 15) is 9.00 Å². The first-order valence-electron chi connectivity index (χ1n) is 10.2. The fourth-order valence-electron chi connectivity index (χ4n) is 3.30. The van der Waals surface area contributed by atoms with Crippen molar-refractivity contribution in [2.45, 2.75) is 17.2 Å². The smallest absolute Gasteiger partial charge is 0.319 e. The Bertz CT molecular complexity index is 1200. The lowest BCUT2D eigenvalue weighted by Crippen LogP contribution is -2.28. The van der Waals surface area contributed by atoms with Crippen LogP contribution in [0.15, 0.2) is 108 Å². The highest BCUT2D eigenvalue weighted by molar-refractivity contribution is 7.84. The summed E-state index contributed by atoms with van der Waals surface area (Å²) in [7, 11) is -1.19. The molecule has 1 atom stereocenters. The molecule has 0 radical (unpaired) electrons. The van der Waals surface area contributed by atoms with Gasteiger partial charge in [-0.15, -0.1) is 0 Å². The standard InChI is InChI=1S/C26H23N3O2S/c30-26(28-18-21-7-6-16-27-17-21)29-23-14-12-20(13-15-23)19-32(31)25-11-5-4-10-24(25)22-8-2-1-3-9-22/h1-17H,18-19H2,(H2,28,29,30). The maximum atomic E-state index is 13.1. The number of anilines is 1. The number of rotatable bonds is 7. The van der Waals surface area contributed by atoms with Gasteiger partial charge in [0, 0.05) is 29.5 Å². The molecule has 1 unspecified atom stereocenters. The third kappa shape index (κ3) is 5.68. The van der Waals surface area contributed by atoms with Crippen LogP contribution in [0.2, 0.25) is 0 Å². The average Bonchev–Trinajstić information content (AvgIpc) is 2.85. The monoisotopic (exact) mass is 441 g/mol. The van der Waals surface area contributed by atoms with Crippen molar-refractivity contribution in [3.05, 3.63) is 115 Å². The van der Waals surface area contributed by atoms with Crippen LogP contribution in [-0.4, -0.2) is 15.2 Å². The summed E-state index contributed by atoms with van der Waals surface area (Å²) in [6.45, 7) is 0.400. The third-order valence-electron chi connectivity index (χ3n) is 4.90. The summed E-state index contributed by atoms with van der Waals surface area (Å²) < 4.78 is 13.1. The summed E-state index contributed by atoms with van der Waals surface area (Å²) in [5.41, 5.74) is 4.57. The normalized spacial score (nSPS) is 11.5. The van der Waals surface area contributed by atoms with E-state index >= 15 is 0 Å². The predicted molar refractivity (Wildman–Crippen MR) is 129 cm³/mol. The molecule has 0 fully saturated rings. The van der Waals surface area contributed by atoms with Gasteiger partial charge in [-0.1, -0.05) is 66.7 Å². The molecule has 0 bridgehead atoms. The van der Waals surface area contributed by atoms with Gasteiger partial charge in [0.1, 0.15) is 0 Å². The lowest BCUT2D eigenvalue weighted by Gasteiger charge is -2.11. The second kappa shape index (κ2) is 10.5. The van der Waals surface area contributed by atoms with Gasteiger partial charge in [0.2, 0.25) is 0 Å². The third-order valence-corrected chi connectivity index (χ3v) is 6.34. The molecule has 2 amide bonds. The zero-order valence-corrected chi connectivity index (χ0v) is 18.2. The molecule has 6 heteroatoms. The minimum Gasteiger partial charge on any atom is -0.334 e. The highest BCUT2D eigenvalue weighted by Crippen LogP contribution is 2.27. The summed E-state index contributed by atoms with van der Waals surface area (Å²) in [6, 6.07) is 28.6. The summed E-state index contributed by atoms with van der Waals surface area (Å²) in [5, 5.41) is 5.61. The molecule has 4 rings (SSSR count). The molecule has 1 heterocycles. The van der Waals surface area contributed by atoms with Crippen molar-refractivity contribution in [2.24, 2.45) is 0 Å². The topological polar surface area (TPSA) is 71.1 Å². The number of hydrogen-bond acceptors (Lipinski definition) is 3. The molecule has 160 valence electrons. The molecule has 5 nitrogen and oxygen atoms in total. The Balaban J connectivity index is 1.37. The van der Waals surface area contributed by atoms with E-state index in [-0.39, 0.29) is 6.03 Å². The molecule has 3 aromatic carbocycles. The second-order valence-electron chi connectivity index (χ2n) is 7.22. The number of carbonyl (C=O) groups is 1. The van der Waals surface area contributed by atoms with Gasteiger partial charge in [0.25, 0.3) is 0 Å². The van der Waals surface area contributed by atoms with Crippen molar-refractivity contribution < 1.29 is 9.00 Å². The van der Waals surface area contributed by atoms with Gasteiger partial charge in [-0.05, 0) is 46.5 Å². The Morgan fingerprint density at radius 1 is 0.812 bits per heavy atom. The summed E-state index contributed by atoms with van der Waals surface area (Å²) in [5.74, 6) is 0.400. The van der Waals surface area contributed by atoms with Crippen molar-refractivity contribution in [1.29, 1.82) is 0 Å². The van der Waals surface area contributed by atoms with E-state index in [2.05, 4.69) is 15.6 Å². The summed E-state index contributed by atoms with van der Waals surface area (Å²) >= 11 is 0. The largest absolute Gasteiger partial charge is 0.334 e. The molecular formula is C26H23N3O2S. The Morgan fingerprint density at radius 2 is 1.56 bits per heavy atom. The van der Waals surface area contributed by atoms with E-state index in [1.54, 1.807) is 12.4 Å². The van der Waals surface area contributed by atoms with Crippen LogP contribution in [0, 0.1) is 0 Å². The number of carbonyl (C=O) groups excluding carboxylic acids is 1. The van der Waals surface area contributed by atoms with Crippen LogP contribution in [0.5, 0.6) is 0 Å². The van der Waals surface area contributed by atoms with Crippen LogP contribution in [0.25, 0.3) is 11.1 Å². The first-order valence-corrected chi connectivity index (χ1v) is 11.6. The van der Waals surface area contributed by atoms with Crippen LogP contribution in [0.3, 0.4) is 0 Å². The number of benzene rings is 3. The minimum absolute atomic E-state index is 0.290. The fraction of sp³-hybridized carbons (Fsp3) is 0.0769. The number of pyridine rings is 1. The SMILES string of the molecule is O=C(NCc1cccnc1)Nc1ccc(CS(=O)c2ccccc2-c2ccccc2)cc1. The minimum atomic E-state index is -1.19. The maximum absolute atomic E-state index is 13.1. The Morgan fingerprint density at radius 3 is 2.31 bits per heavy atom. The lowest BCUT2D eigenvalue weighted by molar-refractivity contribution is 0.251. The zero-order chi connectivity index (χ0) is 22.2. The molecule has 1 aromatic heterocycles. The van der Waals surface area contributed by atoms with Crippen LogP contribution in [-0.2, 0) is 23.1 Å². The number of amides is 2.